The number of hydrogen-bond acceptors (Lipinski definition) is 3. The average molecular weight is 407 g/mol. The van der Waals surface area contributed by atoms with E-state index in [0.29, 0.717) is 19.1 Å². The molecular formula is C21H31ClN4O2. The number of carbonyl (C=O) groups is 2. The molecule has 3 amide bonds. The van der Waals surface area contributed by atoms with E-state index in [9.17, 15) is 9.59 Å². The Labute approximate surface area is 173 Å². The predicted molar refractivity (Wildman–Crippen MR) is 111 cm³/mol. The number of nitrogens with one attached hydrogen (secondary N) is 3. The number of rotatable bonds is 4. The van der Waals surface area contributed by atoms with Crippen molar-refractivity contribution in [1.29, 1.82) is 0 Å². The number of amides is 3. The number of urea groups is 1. The molecule has 2 aliphatic heterocycles. The van der Waals surface area contributed by atoms with Crippen LogP contribution in [0.3, 0.4) is 0 Å². The Morgan fingerprint density at radius 1 is 1.07 bits per heavy atom. The normalized spacial score (nSPS) is 21.7. The molecule has 0 spiro atoms. The number of halogens is 1. The van der Waals surface area contributed by atoms with Gasteiger partial charge in [0.05, 0.1) is 5.92 Å². The standard InChI is InChI=1S/C21H30N4O2.ClH/c26-20(23-11-15-7-8-16-12-22-13-18(16)10-15)17-4-3-9-25(14-17)21(27)24-19-5-1-2-6-19;/h7-8,10,17,19,22H,1-6,9,11-14H2,(H,23,26)(H,24,27);1H. The molecule has 1 atom stereocenters. The van der Waals surface area contributed by atoms with Crippen LogP contribution in [0.5, 0.6) is 0 Å². The summed E-state index contributed by atoms with van der Waals surface area (Å²) < 4.78 is 0. The summed E-state index contributed by atoms with van der Waals surface area (Å²) in [5.74, 6) is -0.0452. The van der Waals surface area contributed by atoms with Crippen molar-refractivity contribution in [2.45, 2.75) is 64.2 Å². The Morgan fingerprint density at radius 3 is 2.68 bits per heavy atom. The molecule has 4 rings (SSSR count). The number of nitrogens with zero attached hydrogens (tertiary/aromatic N) is 1. The lowest BCUT2D eigenvalue weighted by Gasteiger charge is -2.33. The Bertz CT molecular complexity index is 706. The van der Waals surface area contributed by atoms with Gasteiger partial charge >= 0.3 is 6.03 Å². The number of fused-ring (bicyclic) bond motifs is 1. The molecule has 2 heterocycles. The maximum atomic E-state index is 12.6. The van der Waals surface area contributed by atoms with Crippen LogP contribution in [-0.2, 0) is 24.4 Å². The van der Waals surface area contributed by atoms with Crippen molar-refractivity contribution < 1.29 is 9.59 Å². The van der Waals surface area contributed by atoms with Gasteiger partial charge in [0.2, 0.25) is 5.91 Å². The van der Waals surface area contributed by atoms with Gasteiger partial charge in [-0.3, -0.25) is 4.79 Å². The van der Waals surface area contributed by atoms with Crippen LogP contribution in [0.4, 0.5) is 4.79 Å². The Kier molecular flexibility index (Phi) is 7.18. The molecular weight excluding hydrogens is 376 g/mol. The smallest absolute Gasteiger partial charge is 0.317 e. The first-order chi connectivity index (χ1) is 13.2. The Morgan fingerprint density at radius 2 is 1.86 bits per heavy atom. The van der Waals surface area contributed by atoms with E-state index in [1.807, 2.05) is 4.90 Å². The first-order valence-electron chi connectivity index (χ1n) is 10.3. The highest BCUT2D eigenvalue weighted by Gasteiger charge is 2.29. The lowest BCUT2D eigenvalue weighted by atomic mass is 9.97. The van der Waals surface area contributed by atoms with Crippen molar-refractivity contribution in [3.63, 3.8) is 0 Å². The summed E-state index contributed by atoms with van der Waals surface area (Å²) in [7, 11) is 0. The van der Waals surface area contributed by atoms with E-state index in [1.165, 1.54) is 24.0 Å². The third kappa shape index (κ3) is 4.97. The molecule has 0 radical (unpaired) electrons. The summed E-state index contributed by atoms with van der Waals surface area (Å²) in [6, 6.07) is 6.74. The number of carbonyl (C=O) groups excluding carboxylic acids is 2. The van der Waals surface area contributed by atoms with Gasteiger partial charge in [-0.15, -0.1) is 12.4 Å². The van der Waals surface area contributed by atoms with E-state index in [-0.39, 0.29) is 30.3 Å². The molecule has 3 N–H and O–H groups in total. The van der Waals surface area contributed by atoms with Gasteiger partial charge in [-0.2, -0.15) is 0 Å². The first-order valence-corrected chi connectivity index (χ1v) is 10.3. The SMILES string of the molecule is Cl.O=C(NCc1ccc2c(c1)CNC2)C1CCCN(C(=O)NC2CCCC2)C1. The molecule has 1 saturated carbocycles. The minimum atomic E-state index is -0.107. The lowest BCUT2D eigenvalue weighted by Crippen LogP contribution is -2.50. The molecule has 1 aromatic rings. The number of benzene rings is 1. The van der Waals surface area contributed by atoms with Crippen molar-refractivity contribution in [2.75, 3.05) is 13.1 Å². The summed E-state index contributed by atoms with van der Waals surface area (Å²) in [6.07, 6.45) is 6.32. The van der Waals surface area contributed by atoms with Crippen LogP contribution in [0, 0.1) is 5.92 Å². The third-order valence-electron chi connectivity index (χ3n) is 6.13. The van der Waals surface area contributed by atoms with E-state index < -0.39 is 0 Å². The zero-order valence-electron chi connectivity index (χ0n) is 16.3. The minimum Gasteiger partial charge on any atom is -0.352 e. The fraction of sp³-hybridized carbons (Fsp3) is 0.619. The molecule has 0 bridgehead atoms. The van der Waals surface area contributed by atoms with E-state index >= 15 is 0 Å². The van der Waals surface area contributed by atoms with Gasteiger partial charge in [-0.1, -0.05) is 31.0 Å². The van der Waals surface area contributed by atoms with Crippen LogP contribution in [-0.4, -0.2) is 36.0 Å². The highest BCUT2D eigenvalue weighted by Crippen LogP contribution is 2.21. The van der Waals surface area contributed by atoms with Gasteiger partial charge in [0.15, 0.2) is 0 Å². The van der Waals surface area contributed by atoms with Crippen molar-refractivity contribution in [3.05, 3.63) is 34.9 Å². The Hall–Kier alpha value is -1.79. The van der Waals surface area contributed by atoms with Crippen molar-refractivity contribution in [3.8, 4) is 0 Å². The van der Waals surface area contributed by atoms with E-state index in [2.05, 4.69) is 34.1 Å². The second kappa shape index (κ2) is 9.61. The van der Waals surface area contributed by atoms with Crippen LogP contribution in [0.25, 0.3) is 0 Å². The molecule has 1 unspecified atom stereocenters. The van der Waals surface area contributed by atoms with Gasteiger partial charge in [0, 0.05) is 38.8 Å². The molecule has 28 heavy (non-hydrogen) atoms. The van der Waals surface area contributed by atoms with Crippen LogP contribution in [0.1, 0.15) is 55.2 Å². The highest BCUT2D eigenvalue weighted by atomic mass is 35.5. The van der Waals surface area contributed by atoms with Gasteiger partial charge in [0.25, 0.3) is 0 Å². The van der Waals surface area contributed by atoms with Crippen LogP contribution >= 0.6 is 12.4 Å². The summed E-state index contributed by atoms with van der Waals surface area (Å²) in [6.45, 7) is 3.67. The molecule has 154 valence electrons. The highest BCUT2D eigenvalue weighted by molar-refractivity contribution is 5.85. The van der Waals surface area contributed by atoms with Crippen molar-refractivity contribution in [1.82, 2.24) is 20.9 Å². The number of likely N-dealkylation sites (tertiary alicyclic amines) is 1. The van der Waals surface area contributed by atoms with E-state index in [4.69, 9.17) is 0 Å². The van der Waals surface area contributed by atoms with Crippen LogP contribution < -0.4 is 16.0 Å². The van der Waals surface area contributed by atoms with Crippen LogP contribution in [0.2, 0.25) is 0 Å². The zero-order chi connectivity index (χ0) is 18.6. The van der Waals surface area contributed by atoms with Gasteiger partial charge < -0.3 is 20.9 Å². The molecule has 3 aliphatic rings. The number of piperidine rings is 1. The van der Waals surface area contributed by atoms with Crippen LogP contribution in [0.15, 0.2) is 18.2 Å². The summed E-state index contributed by atoms with van der Waals surface area (Å²) in [4.78, 5) is 26.9. The molecule has 6 nitrogen and oxygen atoms in total. The fourth-order valence-corrected chi connectivity index (χ4v) is 4.50. The summed E-state index contributed by atoms with van der Waals surface area (Å²) in [5, 5.41) is 9.56. The summed E-state index contributed by atoms with van der Waals surface area (Å²) >= 11 is 0. The molecule has 1 aromatic carbocycles. The monoisotopic (exact) mass is 406 g/mol. The molecule has 1 aliphatic carbocycles. The first kappa shape index (κ1) is 20.9. The zero-order valence-corrected chi connectivity index (χ0v) is 17.2. The second-order valence-electron chi connectivity index (χ2n) is 8.14. The quantitative estimate of drug-likeness (QED) is 0.719. The molecule has 7 heteroatoms. The summed E-state index contributed by atoms with van der Waals surface area (Å²) in [5.41, 5.74) is 3.81. The average Bonchev–Trinajstić information content (AvgIpc) is 3.37. The largest absolute Gasteiger partial charge is 0.352 e. The maximum Gasteiger partial charge on any atom is 0.317 e. The van der Waals surface area contributed by atoms with Crippen molar-refractivity contribution >= 4 is 24.3 Å². The maximum absolute atomic E-state index is 12.6. The topological polar surface area (TPSA) is 73.5 Å². The second-order valence-corrected chi connectivity index (χ2v) is 8.14. The lowest BCUT2D eigenvalue weighted by molar-refractivity contribution is -0.126. The molecule has 2 fully saturated rings. The fourth-order valence-electron chi connectivity index (χ4n) is 4.50. The molecule has 1 saturated heterocycles. The number of hydrogen-bond donors (Lipinski definition) is 3. The predicted octanol–water partition coefficient (Wildman–Crippen LogP) is 2.69. The van der Waals surface area contributed by atoms with Gasteiger partial charge in [-0.05, 0) is 42.4 Å². The van der Waals surface area contributed by atoms with Crippen molar-refractivity contribution in [2.24, 2.45) is 5.92 Å². The van der Waals surface area contributed by atoms with Gasteiger partial charge in [0.1, 0.15) is 0 Å². The Balaban J connectivity index is 0.00000225. The molecule has 0 aromatic heterocycles. The third-order valence-corrected chi connectivity index (χ3v) is 6.13. The van der Waals surface area contributed by atoms with E-state index in [0.717, 1.165) is 50.9 Å². The van der Waals surface area contributed by atoms with E-state index in [1.54, 1.807) is 0 Å². The minimum absolute atomic E-state index is 0. The van der Waals surface area contributed by atoms with Gasteiger partial charge in [-0.25, -0.2) is 4.79 Å².